The van der Waals surface area contributed by atoms with Crippen LogP contribution in [0.5, 0.6) is 0 Å². The molecule has 0 saturated carbocycles. The second-order valence-electron chi connectivity index (χ2n) is 7.48. The van der Waals surface area contributed by atoms with E-state index in [1.165, 1.54) is 6.42 Å². The second kappa shape index (κ2) is 9.06. The smallest absolute Gasteiger partial charge is 0.313 e. The van der Waals surface area contributed by atoms with Crippen LogP contribution in [0, 0.1) is 6.92 Å². The number of halogens is 2. The van der Waals surface area contributed by atoms with Crippen molar-refractivity contribution in [2.24, 2.45) is 0 Å². The van der Waals surface area contributed by atoms with Gasteiger partial charge in [0.15, 0.2) is 5.82 Å². The summed E-state index contributed by atoms with van der Waals surface area (Å²) in [7, 11) is 0. The molecule has 0 fully saturated rings. The molecule has 3 aromatic rings. The van der Waals surface area contributed by atoms with Crippen molar-refractivity contribution in [1.82, 2.24) is 14.8 Å². The number of carbonyl (C=O) groups is 1. The van der Waals surface area contributed by atoms with Crippen molar-refractivity contribution < 1.29 is 4.79 Å². The highest BCUT2D eigenvalue weighted by Gasteiger charge is 2.22. The Morgan fingerprint density at radius 2 is 1.87 bits per heavy atom. The van der Waals surface area contributed by atoms with Crippen molar-refractivity contribution in [1.29, 1.82) is 0 Å². The first-order chi connectivity index (χ1) is 14.5. The molecule has 1 N–H and O–H groups in total. The SMILES string of the molecule is Cc1ccc(N(Cc2nnc3n2CCCCC3)C(=O)Nc2ccc(Cl)c(Cl)c2)cc1. The first kappa shape index (κ1) is 20.7. The van der Waals surface area contributed by atoms with E-state index in [1.807, 2.05) is 31.2 Å². The van der Waals surface area contributed by atoms with Crippen molar-refractivity contribution in [2.75, 3.05) is 10.2 Å². The third-order valence-corrected chi connectivity index (χ3v) is 5.99. The molecule has 6 nitrogen and oxygen atoms in total. The van der Waals surface area contributed by atoms with Gasteiger partial charge >= 0.3 is 6.03 Å². The fourth-order valence-corrected chi connectivity index (χ4v) is 3.87. The van der Waals surface area contributed by atoms with Gasteiger partial charge < -0.3 is 9.88 Å². The number of rotatable bonds is 4. The van der Waals surface area contributed by atoms with Crippen LogP contribution in [0.3, 0.4) is 0 Å². The predicted molar refractivity (Wildman–Crippen MR) is 120 cm³/mol. The molecule has 0 unspecified atom stereocenters. The van der Waals surface area contributed by atoms with Crippen LogP contribution in [0.1, 0.15) is 36.5 Å². The number of hydrogen-bond donors (Lipinski definition) is 1. The van der Waals surface area contributed by atoms with E-state index in [9.17, 15) is 4.79 Å². The van der Waals surface area contributed by atoms with Gasteiger partial charge in [-0.15, -0.1) is 10.2 Å². The molecule has 2 heterocycles. The number of hydrogen-bond acceptors (Lipinski definition) is 3. The van der Waals surface area contributed by atoms with E-state index in [0.29, 0.717) is 22.3 Å². The van der Waals surface area contributed by atoms with Gasteiger partial charge in [-0.2, -0.15) is 0 Å². The molecule has 0 atom stereocenters. The van der Waals surface area contributed by atoms with Gasteiger partial charge in [0.2, 0.25) is 0 Å². The van der Waals surface area contributed by atoms with E-state index in [-0.39, 0.29) is 6.03 Å². The molecular formula is C22H23Cl2N5O. The Kier molecular flexibility index (Phi) is 6.25. The third-order valence-electron chi connectivity index (χ3n) is 5.25. The van der Waals surface area contributed by atoms with Gasteiger partial charge in [-0.1, -0.05) is 47.3 Å². The van der Waals surface area contributed by atoms with Crippen LogP contribution in [-0.2, 0) is 19.5 Å². The zero-order valence-corrected chi connectivity index (χ0v) is 18.2. The van der Waals surface area contributed by atoms with E-state index < -0.39 is 0 Å². The minimum Gasteiger partial charge on any atom is -0.313 e. The molecule has 0 spiro atoms. The quantitative estimate of drug-likeness (QED) is 0.549. The average Bonchev–Trinajstić information content (AvgIpc) is 2.95. The van der Waals surface area contributed by atoms with Crippen molar-refractivity contribution >= 4 is 40.6 Å². The highest BCUT2D eigenvalue weighted by molar-refractivity contribution is 6.42. The Labute approximate surface area is 185 Å². The topological polar surface area (TPSA) is 63.1 Å². The molecule has 156 valence electrons. The zero-order valence-electron chi connectivity index (χ0n) is 16.7. The van der Waals surface area contributed by atoms with Crippen LogP contribution < -0.4 is 10.2 Å². The van der Waals surface area contributed by atoms with Gasteiger partial charge in [0, 0.05) is 24.3 Å². The average molecular weight is 444 g/mol. The number of aromatic nitrogens is 3. The molecule has 0 saturated heterocycles. The molecule has 1 aliphatic heterocycles. The van der Waals surface area contributed by atoms with Crippen LogP contribution in [0.15, 0.2) is 42.5 Å². The summed E-state index contributed by atoms with van der Waals surface area (Å²) in [6.07, 6.45) is 4.32. The van der Waals surface area contributed by atoms with Crippen LogP contribution in [0.25, 0.3) is 0 Å². The molecule has 30 heavy (non-hydrogen) atoms. The second-order valence-corrected chi connectivity index (χ2v) is 8.29. The molecular weight excluding hydrogens is 421 g/mol. The monoisotopic (exact) mass is 443 g/mol. The number of carbonyl (C=O) groups excluding carboxylic acids is 1. The van der Waals surface area contributed by atoms with Crippen molar-refractivity contribution in [3.05, 3.63) is 69.7 Å². The van der Waals surface area contributed by atoms with Gasteiger partial charge in [0.25, 0.3) is 0 Å². The lowest BCUT2D eigenvalue weighted by Gasteiger charge is -2.23. The maximum Gasteiger partial charge on any atom is 0.326 e. The summed E-state index contributed by atoms with van der Waals surface area (Å²) < 4.78 is 2.15. The first-order valence-electron chi connectivity index (χ1n) is 10.0. The number of fused-ring (bicyclic) bond motifs is 1. The fourth-order valence-electron chi connectivity index (χ4n) is 3.57. The molecule has 2 aromatic carbocycles. The predicted octanol–water partition coefficient (Wildman–Crippen LogP) is 5.86. The van der Waals surface area contributed by atoms with Crippen LogP contribution in [-0.4, -0.2) is 20.8 Å². The fraction of sp³-hybridized carbons (Fsp3) is 0.318. The molecule has 4 rings (SSSR count). The van der Waals surface area contributed by atoms with Gasteiger partial charge in [0.1, 0.15) is 5.82 Å². The maximum absolute atomic E-state index is 13.2. The van der Waals surface area contributed by atoms with Crippen molar-refractivity contribution in [3.8, 4) is 0 Å². The lowest BCUT2D eigenvalue weighted by molar-refractivity contribution is 0.256. The third kappa shape index (κ3) is 4.60. The standard InChI is InChI=1S/C22H23Cl2N5O/c1-15-6-9-17(10-7-15)29(22(30)25-16-8-11-18(23)19(24)13-16)14-21-27-26-20-5-3-2-4-12-28(20)21/h6-11,13H,2-5,12,14H2,1H3,(H,25,30). The molecule has 1 aliphatic rings. The Morgan fingerprint density at radius 3 is 2.63 bits per heavy atom. The summed E-state index contributed by atoms with van der Waals surface area (Å²) in [4.78, 5) is 14.9. The summed E-state index contributed by atoms with van der Waals surface area (Å²) in [5, 5.41) is 12.5. The Bertz CT molecular complexity index is 1050. The maximum atomic E-state index is 13.2. The summed E-state index contributed by atoms with van der Waals surface area (Å²) in [5.41, 5.74) is 2.48. The lowest BCUT2D eigenvalue weighted by atomic mass is 10.2. The van der Waals surface area contributed by atoms with Gasteiger partial charge in [0.05, 0.1) is 16.6 Å². The molecule has 2 amide bonds. The van der Waals surface area contributed by atoms with Gasteiger partial charge in [-0.3, -0.25) is 4.90 Å². The van der Waals surface area contributed by atoms with Gasteiger partial charge in [-0.25, -0.2) is 4.79 Å². The van der Waals surface area contributed by atoms with E-state index in [4.69, 9.17) is 23.2 Å². The molecule has 8 heteroatoms. The summed E-state index contributed by atoms with van der Waals surface area (Å²) in [5.74, 6) is 1.79. The highest BCUT2D eigenvalue weighted by Crippen LogP contribution is 2.26. The summed E-state index contributed by atoms with van der Waals surface area (Å²) in [6, 6.07) is 12.6. The van der Waals surface area contributed by atoms with Crippen molar-refractivity contribution in [3.63, 3.8) is 0 Å². The number of nitrogens with zero attached hydrogens (tertiary/aromatic N) is 4. The highest BCUT2D eigenvalue weighted by atomic mass is 35.5. The summed E-state index contributed by atoms with van der Waals surface area (Å²) >= 11 is 12.1. The number of aryl methyl sites for hydroxylation is 2. The number of nitrogens with one attached hydrogen (secondary N) is 1. The molecule has 0 bridgehead atoms. The van der Waals surface area contributed by atoms with E-state index in [1.54, 1.807) is 23.1 Å². The number of urea groups is 1. The lowest BCUT2D eigenvalue weighted by Crippen LogP contribution is -2.35. The van der Waals surface area contributed by atoms with Gasteiger partial charge in [-0.05, 0) is 50.1 Å². The zero-order chi connectivity index (χ0) is 21.1. The minimum absolute atomic E-state index is 0.275. The Hall–Kier alpha value is -2.57. The largest absolute Gasteiger partial charge is 0.326 e. The minimum atomic E-state index is -0.275. The van der Waals surface area contributed by atoms with E-state index in [2.05, 4.69) is 20.1 Å². The normalized spacial score (nSPS) is 13.4. The van der Waals surface area contributed by atoms with Crippen LogP contribution >= 0.6 is 23.2 Å². The first-order valence-corrected chi connectivity index (χ1v) is 10.8. The molecule has 1 aromatic heterocycles. The Balaban J connectivity index is 1.63. The Morgan fingerprint density at radius 1 is 1.07 bits per heavy atom. The molecule has 0 aliphatic carbocycles. The number of anilines is 2. The number of benzene rings is 2. The van der Waals surface area contributed by atoms with Crippen molar-refractivity contribution in [2.45, 2.75) is 45.7 Å². The molecule has 0 radical (unpaired) electrons. The van der Waals surface area contributed by atoms with Crippen LogP contribution in [0.4, 0.5) is 16.2 Å². The van der Waals surface area contributed by atoms with E-state index >= 15 is 0 Å². The summed E-state index contributed by atoms with van der Waals surface area (Å²) in [6.45, 7) is 3.22. The van der Waals surface area contributed by atoms with Crippen LogP contribution in [0.2, 0.25) is 10.0 Å². The van der Waals surface area contributed by atoms with E-state index in [0.717, 1.165) is 48.7 Å². The number of amides is 2.